The predicted octanol–water partition coefficient (Wildman–Crippen LogP) is 3.95. The van der Waals surface area contributed by atoms with E-state index in [9.17, 15) is 13.2 Å². The van der Waals surface area contributed by atoms with Crippen LogP contribution in [0.15, 0.2) is 18.2 Å². The van der Waals surface area contributed by atoms with Gasteiger partial charge < -0.3 is 5.73 Å². The van der Waals surface area contributed by atoms with E-state index >= 15 is 0 Å². The van der Waals surface area contributed by atoms with Gasteiger partial charge in [0.2, 0.25) is 0 Å². The molecule has 1 rings (SSSR count). The summed E-state index contributed by atoms with van der Waals surface area (Å²) in [6.07, 6.45) is -0.0878. The van der Waals surface area contributed by atoms with Gasteiger partial charge in [0.1, 0.15) is 5.82 Å². The molecule has 1 aromatic rings. The normalized spacial score (nSPS) is 13.1. The van der Waals surface area contributed by atoms with Gasteiger partial charge in [-0.05, 0) is 18.1 Å². The molecule has 0 aliphatic heterocycles. The van der Waals surface area contributed by atoms with E-state index in [1.54, 1.807) is 0 Å². The van der Waals surface area contributed by atoms with Crippen LogP contribution in [-0.4, -0.2) is 0 Å². The van der Waals surface area contributed by atoms with Crippen LogP contribution in [0, 0.1) is 5.82 Å². The Morgan fingerprint density at radius 1 is 1.31 bits per heavy atom. The van der Waals surface area contributed by atoms with Crippen molar-refractivity contribution in [1.29, 1.82) is 0 Å². The Morgan fingerprint density at radius 2 is 2.00 bits per heavy atom. The van der Waals surface area contributed by atoms with Gasteiger partial charge >= 0.3 is 0 Å². The molecule has 0 radical (unpaired) electrons. The van der Waals surface area contributed by atoms with Crippen LogP contribution in [0.5, 0.6) is 0 Å². The van der Waals surface area contributed by atoms with Crippen LogP contribution in [0.4, 0.5) is 13.2 Å². The Morgan fingerprint density at radius 3 is 2.50 bits per heavy atom. The van der Waals surface area contributed by atoms with Crippen LogP contribution >= 0.6 is 0 Å². The molecule has 0 unspecified atom stereocenters. The molecule has 0 fully saturated rings. The first-order chi connectivity index (χ1) is 7.56. The van der Waals surface area contributed by atoms with Gasteiger partial charge in [0.05, 0.1) is 5.56 Å². The highest BCUT2D eigenvalue weighted by atomic mass is 19.3. The average Bonchev–Trinajstić information content (AvgIpc) is 2.25. The minimum atomic E-state index is -2.78. The highest BCUT2D eigenvalue weighted by Crippen LogP contribution is 2.25. The maximum Gasteiger partial charge on any atom is 0.266 e. The number of halogens is 3. The summed E-state index contributed by atoms with van der Waals surface area (Å²) in [6, 6.07) is 3.43. The fraction of sp³-hybridized carbons (Fsp3) is 0.500. The SMILES string of the molecule is CCCC[C@@H](N)c1ccc(C(F)F)c(F)c1. The van der Waals surface area contributed by atoms with Crippen LogP contribution in [0.2, 0.25) is 0 Å². The minimum absolute atomic E-state index is 0.277. The third-order valence-electron chi connectivity index (χ3n) is 2.56. The summed E-state index contributed by atoms with van der Waals surface area (Å²) in [6.45, 7) is 2.03. The molecule has 0 spiro atoms. The highest BCUT2D eigenvalue weighted by molar-refractivity contribution is 5.27. The number of nitrogens with two attached hydrogens (primary N) is 1. The van der Waals surface area contributed by atoms with Crippen LogP contribution in [0.1, 0.15) is 49.8 Å². The van der Waals surface area contributed by atoms with Crippen molar-refractivity contribution >= 4 is 0 Å². The standard InChI is InChI=1S/C12H16F3N/c1-2-3-4-11(16)8-5-6-9(12(14)15)10(13)7-8/h5-7,11-12H,2-4,16H2,1H3/t11-/m1/s1. The summed E-state index contributed by atoms with van der Waals surface area (Å²) >= 11 is 0. The van der Waals surface area contributed by atoms with E-state index in [0.717, 1.165) is 31.4 Å². The van der Waals surface area contributed by atoms with Crippen molar-refractivity contribution in [2.75, 3.05) is 0 Å². The number of hydrogen-bond acceptors (Lipinski definition) is 1. The lowest BCUT2D eigenvalue weighted by Crippen LogP contribution is -2.10. The summed E-state index contributed by atoms with van der Waals surface area (Å²) < 4.78 is 37.8. The van der Waals surface area contributed by atoms with Crippen LogP contribution in [0.25, 0.3) is 0 Å². The lowest BCUT2D eigenvalue weighted by atomic mass is 10.0. The molecule has 90 valence electrons. The number of benzene rings is 1. The van der Waals surface area contributed by atoms with Crippen LogP contribution in [-0.2, 0) is 0 Å². The maximum atomic E-state index is 13.2. The van der Waals surface area contributed by atoms with E-state index in [4.69, 9.17) is 5.73 Å². The second-order valence-electron chi connectivity index (χ2n) is 3.83. The summed E-state index contributed by atoms with van der Waals surface area (Å²) in [5, 5.41) is 0. The van der Waals surface area contributed by atoms with Gasteiger partial charge in [-0.15, -0.1) is 0 Å². The van der Waals surface area contributed by atoms with Gasteiger partial charge in [0.25, 0.3) is 6.43 Å². The monoisotopic (exact) mass is 231 g/mol. The third-order valence-corrected chi connectivity index (χ3v) is 2.56. The molecule has 0 amide bonds. The molecule has 0 aromatic heterocycles. The Balaban J connectivity index is 2.80. The van der Waals surface area contributed by atoms with Crippen molar-refractivity contribution in [3.8, 4) is 0 Å². The molecule has 2 N–H and O–H groups in total. The van der Waals surface area contributed by atoms with E-state index in [-0.39, 0.29) is 6.04 Å². The van der Waals surface area contributed by atoms with Crippen molar-refractivity contribution < 1.29 is 13.2 Å². The van der Waals surface area contributed by atoms with Crippen molar-refractivity contribution in [2.45, 2.75) is 38.7 Å². The first-order valence-corrected chi connectivity index (χ1v) is 5.39. The van der Waals surface area contributed by atoms with Gasteiger partial charge in [-0.2, -0.15) is 0 Å². The molecule has 1 nitrogen and oxygen atoms in total. The Kier molecular flexibility index (Phi) is 4.80. The zero-order chi connectivity index (χ0) is 12.1. The van der Waals surface area contributed by atoms with E-state index in [2.05, 4.69) is 0 Å². The second-order valence-corrected chi connectivity index (χ2v) is 3.83. The summed E-state index contributed by atoms with van der Waals surface area (Å²) in [5.74, 6) is -0.876. The molecule has 0 saturated carbocycles. The Labute approximate surface area is 93.5 Å². The number of hydrogen-bond donors (Lipinski definition) is 1. The fourth-order valence-electron chi connectivity index (χ4n) is 1.54. The van der Waals surface area contributed by atoms with Crippen LogP contribution in [0.3, 0.4) is 0 Å². The largest absolute Gasteiger partial charge is 0.324 e. The lowest BCUT2D eigenvalue weighted by molar-refractivity contribution is 0.146. The summed E-state index contributed by atoms with van der Waals surface area (Å²) in [5.41, 5.74) is 5.84. The zero-order valence-corrected chi connectivity index (χ0v) is 9.22. The molecule has 0 aliphatic rings. The average molecular weight is 231 g/mol. The summed E-state index contributed by atoms with van der Waals surface area (Å²) in [7, 11) is 0. The molecular weight excluding hydrogens is 215 g/mol. The van der Waals surface area contributed by atoms with Crippen molar-refractivity contribution in [3.05, 3.63) is 35.1 Å². The summed E-state index contributed by atoms with van der Waals surface area (Å²) in [4.78, 5) is 0. The third kappa shape index (κ3) is 3.23. The van der Waals surface area contributed by atoms with Gasteiger partial charge in [0.15, 0.2) is 0 Å². The molecule has 0 saturated heterocycles. The minimum Gasteiger partial charge on any atom is -0.324 e. The van der Waals surface area contributed by atoms with Crippen molar-refractivity contribution in [3.63, 3.8) is 0 Å². The van der Waals surface area contributed by atoms with E-state index in [1.165, 1.54) is 6.07 Å². The number of unbranched alkanes of at least 4 members (excludes halogenated alkanes) is 1. The smallest absolute Gasteiger partial charge is 0.266 e. The van der Waals surface area contributed by atoms with Gasteiger partial charge in [-0.1, -0.05) is 31.9 Å². The molecule has 0 heterocycles. The molecule has 1 aromatic carbocycles. The Hall–Kier alpha value is -1.03. The van der Waals surface area contributed by atoms with E-state index < -0.39 is 17.8 Å². The number of rotatable bonds is 5. The molecule has 16 heavy (non-hydrogen) atoms. The first kappa shape index (κ1) is 13.0. The van der Waals surface area contributed by atoms with Crippen LogP contribution < -0.4 is 5.73 Å². The predicted molar refractivity (Wildman–Crippen MR) is 57.8 cm³/mol. The second kappa shape index (κ2) is 5.89. The molecule has 0 bridgehead atoms. The highest BCUT2D eigenvalue weighted by Gasteiger charge is 2.15. The quantitative estimate of drug-likeness (QED) is 0.815. The van der Waals surface area contributed by atoms with Gasteiger partial charge in [0, 0.05) is 6.04 Å². The molecule has 1 atom stereocenters. The van der Waals surface area contributed by atoms with E-state index in [0.29, 0.717) is 5.56 Å². The molecule has 4 heteroatoms. The fourth-order valence-corrected chi connectivity index (χ4v) is 1.54. The van der Waals surface area contributed by atoms with Gasteiger partial charge in [-0.25, -0.2) is 13.2 Å². The zero-order valence-electron chi connectivity index (χ0n) is 9.22. The maximum absolute atomic E-state index is 13.2. The van der Waals surface area contributed by atoms with Crippen molar-refractivity contribution in [2.24, 2.45) is 5.73 Å². The Bertz CT molecular complexity index is 339. The topological polar surface area (TPSA) is 26.0 Å². The molecular formula is C12H16F3N. The molecule has 0 aliphatic carbocycles. The number of alkyl halides is 2. The first-order valence-electron chi connectivity index (χ1n) is 5.39. The van der Waals surface area contributed by atoms with Crippen molar-refractivity contribution in [1.82, 2.24) is 0 Å². The lowest BCUT2D eigenvalue weighted by Gasteiger charge is -2.12. The van der Waals surface area contributed by atoms with E-state index in [1.807, 2.05) is 6.92 Å². The van der Waals surface area contributed by atoms with Gasteiger partial charge in [-0.3, -0.25) is 0 Å².